The number of nitrogens with one attached hydrogen (secondary N) is 1. The molecule has 1 heterocycles. The molecule has 1 unspecified atom stereocenters. The first-order valence-corrected chi connectivity index (χ1v) is 7.52. The molecule has 3 N–H and O–H groups in total. The van der Waals surface area contributed by atoms with Crippen molar-refractivity contribution in [2.24, 2.45) is 5.73 Å². The molecule has 1 aromatic rings. The molecule has 0 aromatic heterocycles. The third-order valence-electron chi connectivity index (χ3n) is 3.95. The van der Waals surface area contributed by atoms with Crippen molar-refractivity contribution in [1.82, 2.24) is 10.2 Å². The van der Waals surface area contributed by atoms with Gasteiger partial charge in [0.25, 0.3) is 0 Å². The van der Waals surface area contributed by atoms with Gasteiger partial charge in [-0.2, -0.15) is 0 Å². The highest BCUT2D eigenvalue weighted by Crippen LogP contribution is 2.20. The lowest BCUT2D eigenvalue weighted by molar-refractivity contribution is -0.120. The van der Waals surface area contributed by atoms with Crippen LogP contribution in [0, 0.1) is 0 Å². The largest absolute Gasteiger partial charge is 0.351 e. The number of nitrogens with zero attached hydrogens (tertiary/aromatic N) is 1. The first-order valence-electron chi connectivity index (χ1n) is 7.52. The summed E-state index contributed by atoms with van der Waals surface area (Å²) >= 11 is 0. The quantitative estimate of drug-likeness (QED) is 0.865. The van der Waals surface area contributed by atoms with Crippen LogP contribution in [-0.4, -0.2) is 36.0 Å². The maximum absolute atomic E-state index is 11.5. The SMILES string of the molecule is NC(=O)NC(=O)CCN1CCCCC1Cc1ccccc1. The Labute approximate surface area is 125 Å². The predicted octanol–water partition coefficient (Wildman–Crippen LogP) is 1.67. The number of hydrogen-bond acceptors (Lipinski definition) is 3. The number of urea groups is 1. The molecule has 21 heavy (non-hydrogen) atoms. The molecule has 1 atom stereocenters. The van der Waals surface area contributed by atoms with E-state index in [0.717, 1.165) is 19.4 Å². The summed E-state index contributed by atoms with van der Waals surface area (Å²) in [6.07, 6.45) is 4.89. The third kappa shape index (κ3) is 5.19. The monoisotopic (exact) mass is 289 g/mol. The summed E-state index contributed by atoms with van der Waals surface area (Å²) < 4.78 is 0. The lowest BCUT2D eigenvalue weighted by atomic mass is 9.95. The standard InChI is InChI=1S/C16H23N3O2/c17-16(21)18-15(20)9-11-19-10-5-4-8-14(19)12-13-6-2-1-3-7-13/h1-3,6-7,14H,4-5,8-12H2,(H3,17,18,20,21). The molecule has 1 aliphatic rings. The van der Waals surface area contributed by atoms with Crippen LogP contribution in [0.25, 0.3) is 0 Å². The van der Waals surface area contributed by atoms with E-state index in [-0.39, 0.29) is 5.91 Å². The van der Waals surface area contributed by atoms with Crippen LogP contribution in [0.3, 0.4) is 0 Å². The van der Waals surface area contributed by atoms with E-state index in [0.29, 0.717) is 19.0 Å². The number of imide groups is 1. The highest BCUT2D eigenvalue weighted by Gasteiger charge is 2.23. The molecular formula is C16H23N3O2. The summed E-state index contributed by atoms with van der Waals surface area (Å²) in [7, 11) is 0. The molecule has 0 radical (unpaired) electrons. The van der Waals surface area contributed by atoms with Crippen molar-refractivity contribution in [3.05, 3.63) is 35.9 Å². The van der Waals surface area contributed by atoms with Crippen LogP contribution in [-0.2, 0) is 11.2 Å². The zero-order valence-electron chi connectivity index (χ0n) is 12.3. The molecule has 3 amide bonds. The van der Waals surface area contributed by atoms with Crippen LogP contribution in [0.5, 0.6) is 0 Å². The van der Waals surface area contributed by atoms with Gasteiger partial charge in [-0.25, -0.2) is 4.79 Å². The Hall–Kier alpha value is -1.88. The molecule has 114 valence electrons. The Morgan fingerprint density at radius 1 is 1.24 bits per heavy atom. The maximum atomic E-state index is 11.5. The highest BCUT2D eigenvalue weighted by atomic mass is 16.2. The molecule has 0 saturated carbocycles. The average Bonchev–Trinajstić information content (AvgIpc) is 2.47. The molecule has 1 fully saturated rings. The second-order valence-electron chi connectivity index (χ2n) is 5.54. The molecule has 0 bridgehead atoms. The number of likely N-dealkylation sites (tertiary alicyclic amines) is 1. The number of carbonyl (C=O) groups is 2. The van der Waals surface area contributed by atoms with Crippen molar-refractivity contribution in [3.63, 3.8) is 0 Å². The normalized spacial score (nSPS) is 19.1. The topological polar surface area (TPSA) is 75.4 Å². The minimum absolute atomic E-state index is 0.300. The van der Waals surface area contributed by atoms with Gasteiger partial charge in [0.1, 0.15) is 0 Å². The first kappa shape index (κ1) is 15.5. The van der Waals surface area contributed by atoms with E-state index in [2.05, 4.69) is 34.5 Å². The second-order valence-corrected chi connectivity index (χ2v) is 5.54. The Kier molecular flexibility index (Phi) is 5.75. The first-order chi connectivity index (χ1) is 10.1. The van der Waals surface area contributed by atoms with Crippen molar-refractivity contribution in [1.29, 1.82) is 0 Å². The number of hydrogen-bond donors (Lipinski definition) is 2. The smallest absolute Gasteiger partial charge is 0.318 e. The van der Waals surface area contributed by atoms with Gasteiger partial charge < -0.3 is 5.73 Å². The zero-order chi connectivity index (χ0) is 15.1. The fourth-order valence-corrected chi connectivity index (χ4v) is 2.92. The fourth-order valence-electron chi connectivity index (χ4n) is 2.92. The number of rotatable bonds is 5. The number of nitrogens with two attached hydrogens (primary N) is 1. The second kappa shape index (κ2) is 7.78. The lowest BCUT2D eigenvalue weighted by Crippen LogP contribution is -2.43. The lowest BCUT2D eigenvalue weighted by Gasteiger charge is -2.35. The van der Waals surface area contributed by atoms with Gasteiger partial charge in [-0.05, 0) is 31.4 Å². The minimum Gasteiger partial charge on any atom is -0.351 e. The van der Waals surface area contributed by atoms with Crippen LogP contribution in [0.2, 0.25) is 0 Å². The van der Waals surface area contributed by atoms with E-state index in [1.807, 2.05) is 6.07 Å². The van der Waals surface area contributed by atoms with Crippen molar-refractivity contribution < 1.29 is 9.59 Å². The summed E-state index contributed by atoms with van der Waals surface area (Å²) in [6.45, 7) is 1.69. The van der Waals surface area contributed by atoms with Crippen molar-refractivity contribution in [3.8, 4) is 0 Å². The van der Waals surface area contributed by atoms with Gasteiger partial charge in [0, 0.05) is 19.0 Å². The predicted molar refractivity (Wildman–Crippen MR) is 81.7 cm³/mol. The molecule has 2 rings (SSSR count). The van der Waals surface area contributed by atoms with E-state index in [1.54, 1.807) is 0 Å². The summed E-state index contributed by atoms with van der Waals surface area (Å²) in [5.74, 6) is -0.300. The molecular weight excluding hydrogens is 266 g/mol. The van der Waals surface area contributed by atoms with Gasteiger partial charge in [0.2, 0.25) is 5.91 Å². The molecule has 1 saturated heterocycles. The van der Waals surface area contributed by atoms with Gasteiger partial charge in [-0.15, -0.1) is 0 Å². The van der Waals surface area contributed by atoms with Crippen LogP contribution in [0.4, 0.5) is 4.79 Å². The van der Waals surface area contributed by atoms with Gasteiger partial charge in [-0.1, -0.05) is 36.8 Å². The van der Waals surface area contributed by atoms with Crippen molar-refractivity contribution in [2.75, 3.05) is 13.1 Å². The number of amides is 3. The third-order valence-corrected chi connectivity index (χ3v) is 3.95. The van der Waals surface area contributed by atoms with E-state index < -0.39 is 6.03 Å². The van der Waals surface area contributed by atoms with E-state index in [9.17, 15) is 9.59 Å². The number of piperidine rings is 1. The van der Waals surface area contributed by atoms with Gasteiger partial charge >= 0.3 is 6.03 Å². The fraction of sp³-hybridized carbons (Fsp3) is 0.500. The number of carbonyl (C=O) groups excluding carboxylic acids is 2. The van der Waals surface area contributed by atoms with Crippen LogP contribution >= 0.6 is 0 Å². The van der Waals surface area contributed by atoms with Gasteiger partial charge in [0.05, 0.1) is 0 Å². The van der Waals surface area contributed by atoms with Gasteiger partial charge in [0.15, 0.2) is 0 Å². The van der Waals surface area contributed by atoms with E-state index >= 15 is 0 Å². The summed E-state index contributed by atoms with van der Waals surface area (Å²) in [4.78, 5) is 24.5. The average molecular weight is 289 g/mol. The molecule has 1 aliphatic heterocycles. The van der Waals surface area contributed by atoms with Gasteiger partial charge in [-0.3, -0.25) is 15.0 Å². The summed E-state index contributed by atoms with van der Waals surface area (Å²) in [6, 6.07) is 10.1. The van der Waals surface area contributed by atoms with Crippen LogP contribution in [0.1, 0.15) is 31.2 Å². The highest BCUT2D eigenvalue weighted by molar-refractivity contribution is 5.93. The number of primary amides is 1. The Morgan fingerprint density at radius 2 is 2.00 bits per heavy atom. The van der Waals surface area contributed by atoms with Crippen LogP contribution < -0.4 is 11.1 Å². The van der Waals surface area contributed by atoms with Crippen molar-refractivity contribution in [2.45, 2.75) is 38.1 Å². The molecule has 0 spiro atoms. The number of benzene rings is 1. The zero-order valence-corrected chi connectivity index (χ0v) is 12.3. The summed E-state index contributed by atoms with van der Waals surface area (Å²) in [5, 5.41) is 2.12. The maximum Gasteiger partial charge on any atom is 0.318 e. The molecule has 0 aliphatic carbocycles. The van der Waals surface area contributed by atoms with Crippen molar-refractivity contribution >= 4 is 11.9 Å². The van der Waals surface area contributed by atoms with E-state index in [1.165, 1.54) is 18.4 Å². The Morgan fingerprint density at radius 3 is 2.71 bits per heavy atom. The molecule has 5 heteroatoms. The Bertz CT molecular complexity index is 476. The molecule has 1 aromatic carbocycles. The van der Waals surface area contributed by atoms with Crippen LogP contribution in [0.15, 0.2) is 30.3 Å². The van der Waals surface area contributed by atoms with E-state index in [4.69, 9.17) is 5.73 Å². The molecule has 5 nitrogen and oxygen atoms in total. The minimum atomic E-state index is -0.778. The Balaban J connectivity index is 1.87. The summed E-state index contributed by atoms with van der Waals surface area (Å²) in [5.41, 5.74) is 6.28.